The van der Waals surface area contributed by atoms with E-state index in [1.54, 1.807) is 0 Å². The summed E-state index contributed by atoms with van der Waals surface area (Å²) in [5.74, 6) is 1.50. The Balaban J connectivity index is 1.33. The molecule has 4 aliphatic heterocycles. The third kappa shape index (κ3) is 4.86. The van der Waals surface area contributed by atoms with E-state index in [1.165, 1.54) is 5.56 Å². The van der Waals surface area contributed by atoms with Gasteiger partial charge in [0.2, 0.25) is 0 Å². The van der Waals surface area contributed by atoms with E-state index in [0.717, 1.165) is 76.1 Å². The second kappa shape index (κ2) is 9.80. The molecule has 2 atom stereocenters. The highest BCUT2D eigenvalue weighted by Gasteiger charge is 2.34. The monoisotopic (exact) mass is 426 g/mol. The zero-order valence-corrected chi connectivity index (χ0v) is 18.3. The van der Waals surface area contributed by atoms with Gasteiger partial charge in [-0.3, -0.25) is 9.69 Å². The Hall–Kier alpha value is -1.76. The first-order valence-electron chi connectivity index (χ1n) is 12.0. The van der Waals surface area contributed by atoms with E-state index in [9.17, 15) is 4.79 Å². The van der Waals surface area contributed by atoms with Crippen LogP contribution in [0.5, 0.6) is 5.75 Å². The molecule has 4 heterocycles. The van der Waals surface area contributed by atoms with Crippen LogP contribution in [0.2, 0.25) is 0 Å². The highest BCUT2D eigenvalue weighted by Crippen LogP contribution is 2.38. The van der Waals surface area contributed by atoms with Crippen LogP contribution >= 0.6 is 0 Å². The molecule has 6 nitrogen and oxygen atoms in total. The maximum atomic E-state index is 12.8. The molecule has 1 aromatic rings. The molecule has 168 valence electrons. The number of para-hydroxylation sites is 1. The molecule has 1 saturated carbocycles. The Morgan fingerprint density at radius 3 is 2.71 bits per heavy atom. The molecule has 0 spiro atoms. The van der Waals surface area contributed by atoms with Crippen molar-refractivity contribution in [1.29, 1.82) is 0 Å². The van der Waals surface area contributed by atoms with Gasteiger partial charge in [0.15, 0.2) is 0 Å². The van der Waals surface area contributed by atoms with Crippen LogP contribution in [0.3, 0.4) is 0 Å². The lowest BCUT2D eigenvalue weighted by atomic mass is 9.82. The summed E-state index contributed by atoms with van der Waals surface area (Å²) in [6.07, 6.45) is 7.40. The molecule has 0 radical (unpaired) electrons. The van der Waals surface area contributed by atoms with Gasteiger partial charge in [0.1, 0.15) is 12.4 Å². The van der Waals surface area contributed by atoms with E-state index in [0.29, 0.717) is 31.8 Å². The number of nitrogens with zero attached hydrogens (tertiary/aromatic N) is 2. The molecule has 1 aromatic carbocycles. The van der Waals surface area contributed by atoms with E-state index in [1.807, 2.05) is 0 Å². The third-order valence-corrected chi connectivity index (χ3v) is 7.40. The molecular weight excluding hydrogens is 392 g/mol. The molecule has 2 bridgehead atoms. The van der Waals surface area contributed by atoms with Gasteiger partial charge < -0.3 is 14.2 Å². The minimum absolute atomic E-state index is 0.00912. The second-order valence-electron chi connectivity index (χ2n) is 9.35. The van der Waals surface area contributed by atoms with E-state index < -0.39 is 0 Å². The van der Waals surface area contributed by atoms with Crippen LogP contribution in [-0.2, 0) is 14.3 Å². The van der Waals surface area contributed by atoms with E-state index >= 15 is 0 Å². The summed E-state index contributed by atoms with van der Waals surface area (Å²) >= 11 is 0. The Bertz CT molecular complexity index is 796. The fourth-order valence-corrected chi connectivity index (χ4v) is 5.55. The number of carbonyl (C=O) groups excluding carboxylic acids is 1. The average molecular weight is 427 g/mol. The average Bonchev–Trinajstić information content (AvgIpc) is 3.20. The van der Waals surface area contributed by atoms with Crippen LogP contribution < -0.4 is 4.74 Å². The first kappa shape index (κ1) is 21.1. The molecule has 6 heteroatoms. The molecule has 2 saturated heterocycles. The summed E-state index contributed by atoms with van der Waals surface area (Å²) in [7, 11) is 0. The molecule has 31 heavy (non-hydrogen) atoms. The molecule has 6 rings (SSSR count). The van der Waals surface area contributed by atoms with Crippen molar-refractivity contribution in [1.82, 2.24) is 4.90 Å². The summed E-state index contributed by atoms with van der Waals surface area (Å²) in [5, 5.41) is 0. The maximum absolute atomic E-state index is 12.8. The van der Waals surface area contributed by atoms with Crippen molar-refractivity contribution in [2.75, 3.05) is 39.5 Å². The minimum atomic E-state index is -0.0823. The third-order valence-electron chi connectivity index (χ3n) is 7.40. The lowest BCUT2D eigenvalue weighted by molar-refractivity contribution is -0.125. The number of aliphatic imine (C=N–C) groups is 1. The number of amides is 1. The molecule has 1 amide bonds. The van der Waals surface area contributed by atoms with Gasteiger partial charge in [0.05, 0.1) is 31.3 Å². The van der Waals surface area contributed by atoms with Crippen LogP contribution in [0.25, 0.3) is 0 Å². The van der Waals surface area contributed by atoms with E-state index in [-0.39, 0.29) is 17.9 Å². The predicted octanol–water partition coefficient (Wildman–Crippen LogP) is 3.59. The van der Waals surface area contributed by atoms with Crippen LogP contribution in [0, 0.1) is 5.92 Å². The summed E-state index contributed by atoms with van der Waals surface area (Å²) in [4.78, 5) is 19.8. The van der Waals surface area contributed by atoms with Crippen LogP contribution in [0.4, 0.5) is 0 Å². The highest BCUT2D eigenvalue weighted by atomic mass is 16.5. The van der Waals surface area contributed by atoms with Gasteiger partial charge in [-0.1, -0.05) is 18.2 Å². The SMILES string of the molecule is O=C(N=C1CCN2CCOc3ccccc3C3CCC(CC3)OC[C@@H]12)[C@@H]1CCCOC1. The lowest BCUT2D eigenvalue weighted by Crippen LogP contribution is -2.41. The lowest BCUT2D eigenvalue weighted by Gasteiger charge is -2.30. The van der Waals surface area contributed by atoms with E-state index in [2.05, 4.69) is 34.2 Å². The van der Waals surface area contributed by atoms with Crippen LogP contribution in [-0.4, -0.2) is 68.2 Å². The largest absolute Gasteiger partial charge is 0.492 e. The maximum Gasteiger partial charge on any atom is 0.251 e. The fraction of sp³-hybridized carbons (Fsp3) is 0.680. The number of hydrogen-bond donors (Lipinski definition) is 0. The first-order valence-corrected chi connectivity index (χ1v) is 12.0. The number of rotatable bonds is 1. The topological polar surface area (TPSA) is 60.4 Å². The van der Waals surface area contributed by atoms with Crippen molar-refractivity contribution >= 4 is 11.6 Å². The molecule has 3 fully saturated rings. The zero-order valence-electron chi connectivity index (χ0n) is 18.3. The number of fused-ring (bicyclic) bond motifs is 5. The quantitative estimate of drug-likeness (QED) is 0.687. The minimum Gasteiger partial charge on any atom is -0.492 e. The summed E-state index contributed by atoms with van der Waals surface area (Å²) in [5.41, 5.74) is 2.33. The molecule has 5 aliphatic rings. The number of hydrogen-bond acceptors (Lipinski definition) is 5. The summed E-state index contributed by atoms with van der Waals surface area (Å²) in [6, 6.07) is 8.60. The smallest absolute Gasteiger partial charge is 0.251 e. The summed E-state index contributed by atoms with van der Waals surface area (Å²) in [6.45, 7) is 4.25. The molecule has 0 N–H and O–H groups in total. The van der Waals surface area contributed by atoms with Crippen molar-refractivity contribution in [3.8, 4) is 5.75 Å². The van der Waals surface area contributed by atoms with Crippen molar-refractivity contribution in [3.05, 3.63) is 29.8 Å². The van der Waals surface area contributed by atoms with Crippen molar-refractivity contribution in [2.45, 2.75) is 63.0 Å². The van der Waals surface area contributed by atoms with Gasteiger partial charge >= 0.3 is 0 Å². The fourth-order valence-electron chi connectivity index (χ4n) is 5.55. The Labute approximate surface area is 184 Å². The second-order valence-corrected chi connectivity index (χ2v) is 9.35. The number of benzene rings is 1. The van der Waals surface area contributed by atoms with Crippen molar-refractivity contribution < 1.29 is 19.0 Å². The van der Waals surface area contributed by atoms with Crippen molar-refractivity contribution in [2.24, 2.45) is 10.9 Å². The molecule has 0 unspecified atom stereocenters. The molecule has 1 aliphatic carbocycles. The van der Waals surface area contributed by atoms with Gasteiger partial charge in [-0.25, -0.2) is 4.99 Å². The number of ether oxygens (including phenoxy) is 3. The zero-order chi connectivity index (χ0) is 21.0. The Morgan fingerprint density at radius 2 is 1.87 bits per heavy atom. The molecule has 0 aromatic heterocycles. The van der Waals surface area contributed by atoms with Gasteiger partial charge in [0, 0.05) is 31.8 Å². The van der Waals surface area contributed by atoms with E-state index in [4.69, 9.17) is 14.2 Å². The highest BCUT2D eigenvalue weighted by molar-refractivity contribution is 6.00. The Kier molecular flexibility index (Phi) is 6.67. The van der Waals surface area contributed by atoms with Gasteiger partial charge in [-0.15, -0.1) is 0 Å². The van der Waals surface area contributed by atoms with Crippen molar-refractivity contribution in [3.63, 3.8) is 0 Å². The van der Waals surface area contributed by atoms with Crippen LogP contribution in [0.15, 0.2) is 29.3 Å². The van der Waals surface area contributed by atoms with Gasteiger partial charge in [-0.05, 0) is 56.1 Å². The standard InChI is InChI=1S/C25H34N2O4/c28-25(19-4-3-14-29-16-19)26-22-11-12-27-13-15-30-24-6-2-1-5-21(24)18-7-9-20(10-8-18)31-17-23(22)27/h1-2,5-6,18-20,23H,3-4,7-17H2/t18?,19-,20?,23+/m1/s1. The Morgan fingerprint density at radius 1 is 1.00 bits per heavy atom. The predicted molar refractivity (Wildman–Crippen MR) is 119 cm³/mol. The van der Waals surface area contributed by atoms with Gasteiger partial charge in [-0.2, -0.15) is 0 Å². The number of carbonyl (C=O) groups is 1. The molecular formula is C25H34N2O4. The summed E-state index contributed by atoms with van der Waals surface area (Å²) < 4.78 is 18.2. The van der Waals surface area contributed by atoms with Crippen LogP contribution in [0.1, 0.15) is 56.4 Å². The normalized spacial score (nSPS) is 33.5. The van der Waals surface area contributed by atoms with Gasteiger partial charge in [0.25, 0.3) is 5.91 Å². The first-order chi connectivity index (χ1) is 15.3.